The van der Waals surface area contributed by atoms with E-state index in [1.807, 2.05) is 35.8 Å². The maximum atomic E-state index is 12.4. The van der Waals surface area contributed by atoms with E-state index < -0.39 is 10.0 Å². The number of fused-ring (bicyclic) bond motifs is 1. The first-order valence-corrected chi connectivity index (χ1v) is 11.4. The molecule has 0 atom stereocenters. The minimum absolute atomic E-state index is 0.0792. The summed E-state index contributed by atoms with van der Waals surface area (Å²) in [6.45, 7) is 2.06. The van der Waals surface area contributed by atoms with Crippen molar-refractivity contribution in [2.24, 2.45) is 0 Å². The van der Waals surface area contributed by atoms with Crippen molar-refractivity contribution in [1.82, 2.24) is 24.7 Å². The summed E-state index contributed by atoms with van der Waals surface area (Å²) in [4.78, 5) is 17.1. The van der Waals surface area contributed by atoms with E-state index in [-0.39, 0.29) is 22.5 Å². The Morgan fingerprint density at radius 2 is 1.87 bits per heavy atom. The lowest BCUT2D eigenvalue weighted by molar-refractivity contribution is -0.122. The zero-order valence-corrected chi connectivity index (χ0v) is 19.0. The number of anilines is 1. The van der Waals surface area contributed by atoms with Gasteiger partial charge in [0.2, 0.25) is 10.0 Å². The van der Waals surface area contributed by atoms with Gasteiger partial charge in [-0.1, -0.05) is 25.1 Å². The summed E-state index contributed by atoms with van der Waals surface area (Å²) in [5, 5.41) is 2.99. The highest BCUT2D eigenvalue weighted by atomic mass is 32.2. The Labute approximate surface area is 186 Å². The van der Waals surface area contributed by atoms with Gasteiger partial charge in [-0.05, 0) is 42.5 Å². The predicted octanol–water partition coefficient (Wildman–Crippen LogP) is 1.87. The monoisotopic (exact) mass is 460 g/mol. The van der Waals surface area contributed by atoms with Crippen LogP contribution in [0.3, 0.4) is 0 Å². The van der Waals surface area contributed by atoms with Crippen molar-refractivity contribution in [3.63, 3.8) is 0 Å². The van der Waals surface area contributed by atoms with E-state index >= 15 is 0 Å². The lowest BCUT2D eigenvalue weighted by Gasteiger charge is -2.15. The van der Waals surface area contributed by atoms with Crippen molar-refractivity contribution in [3.05, 3.63) is 54.4 Å². The maximum Gasteiger partial charge on any atom is 0.258 e. The summed E-state index contributed by atoms with van der Waals surface area (Å²) in [5.74, 6) is 0.516. The van der Waals surface area contributed by atoms with Crippen molar-refractivity contribution in [2.75, 3.05) is 19.4 Å². The van der Waals surface area contributed by atoms with Gasteiger partial charge in [-0.15, -0.1) is 0 Å². The molecule has 1 amide bonds. The Kier molecular flexibility index (Phi) is 6.88. The fourth-order valence-corrected chi connectivity index (χ4v) is 4.11. The molecule has 11 heteroatoms. The summed E-state index contributed by atoms with van der Waals surface area (Å²) >= 11 is 5.20. The molecule has 0 saturated carbocycles. The van der Waals surface area contributed by atoms with Crippen LogP contribution in [0.25, 0.3) is 11.0 Å². The zero-order valence-electron chi connectivity index (χ0n) is 17.4. The third-order valence-electron chi connectivity index (χ3n) is 4.54. The van der Waals surface area contributed by atoms with Crippen LogP contribution in [-0.2, 0) is 27.8 Å². The molecule has 0 bridgehead atoms. The number of nitrogens with zero attached hydrogens (tertiary/aromatic N) is 3. The molecule has 1 heterocycles. The second-order valence-electron chi connectivity index (χ2n) is 6.90. The molecule has 0 fully saturated rings. The van der Waals surface area contributed by atoms with E-state index in [4.69, 9.17) is 12.2 Å². The summed E-state index contributed by atoms with van der Waals surface area (Å²) < 4.78 is 27.5. The molecule has 0 aliphatic rings. The average Bonchev–Trinajstić information content (AvgIpc) is 3.10. The lowest BCUT2D eigenvalue weighted by Crippen LogP contribution is -2.45. The molecular formula is C20H24N6O3S2. The number of hydrogen-bond acceptors (Lipinski definition) is 5. The number of hydrogen-bond donors (Lipinski definition) is 3. The number of rotatable bonds is 6. The molecule has 0 aliphatic heterocycles. The Morgan fingerprint density at radius 3 is 2.58 bits per heavy atom. The molecule has 3 aromatic rings. The van der Waals surface area contributed by atoms with Gasteiger partial charge < -0.3 is 9.88 Å². The van der Waals surface area contributed by atoms with Gasteiger partial charge in [0.05, 0.1) is 15.9 Å². The smallest absolute Gasteiger partial charge is 0.258 e. The quantitative estimate of drug-likeness (QED) is 0.381. The number of carbonyl (C=O) groups is 1. The molecule has 31 heavy (non-hydrogen) atoms. The number of aryl methyl sites for hydroxylation is 1. The molecule has 3 N–H and O–H groups in total. The van der Waals surface area contributed by atoms with Crippen molar-refractivity contribution in [1.29, 1.82) is 0 Å². The maximum absolute atomic E-state index is 12.4. The SMILES string of the molecule is CCc1nc2ccccc2n1CC(=O)NNC(=S)Nc1cccc(S(=O)(=O)N(C)C)c1. The molecule has 0 radical (unpaired) electrons. The number of sulfonamides is 1. The van der Waals surface area contributed by atoms with Crippen LogP contribution in [0.15, 0.2) is 53.4 Å². The summed E-state index contributed by atoms with van der Waals surface area (Å²) in [6, 6.07) is 13.9. The molecule has 0 spiro atoms. The van der Waals surface area contributed by atoms with Crippen molar-refractivity contribution < 1.29 is 13.2 Å². The third-order valence-corrected chi connectivity index (χ3v) is 6.55. The minimum Gasteiger partial charge on any atom is -0.331 e. The molecule has 0 unspecified atom stereocenters. The van der Waals surface area contributed by atoms with Crippen molar-refractivity contribution in [2.45, 2.75) is 24.8 Å². The normalized spacial score (nSPS) is 11.5. The Hall–Kier alpha value is -3.02. The van der Waals surface area contributed by atoms with Crippen LogP contribution in [-0.4, -0.2) is 47.4 Å². The Balaban J connectivity index is 1.61. The van der Waals surface area contributed by atoms with Gasteiger partial charge in [0.1, 0.15) is 12.4 Å². The molecule has 3 rings (SSSR count). The van der Waals surface area contributed by atoms with Crippen LogP contribution < -0.4 is 16.2 Å². The highest BCUT2D eigenvalue weighted by molar-refractivity contribution is 7.89. The van der Waals surface area contributed by atoms with Gasteiger partial charge in [0.25, 0.3) is 5.91 Å². The van der Waals surface area contributed by atoms with Crippen LogP contribution in [0, 0.1) is 0 Å². The van der Waals surface area contributed by atoms with Crippen LogP contribution in [0.4, 0.5) is 5.69 Å². The van der Waals surface area contributed by atoms with Crippen molar-refractivity contribution >= 4 is 50.0 Å². The van der Waals surface area contributed by atoms with Crippen LogP contribution in [0.1, 0.15) is 12.7 Å². The lowest BCUT2D eigenvalue weighted by atomic mass is 10.3. The van der Waals surface area contributed by atoms with E-state index in [1.165, 1.54) is 26.2 Å². The number of carbonyl (C=O) groups excluding carboxylic acids is 1. The number of aromatic nitrogens is 2. The van der Waals surface area contributed by atoms with Gasteiger partial charge >= 0.3 is 0 Å². The van der Waals surface area contributed by atoms with Gasteiger partial charge in [-0.2, -0.15) is 0 Å². The Morgan fingerprint density at radius 1 is 1.13 bits per heavy atom. The fourth-order valence-electron chi connectivity index (χ4n) is 2.99. The molecule has 0 aliphatic carbocycles. The number of nitrogens with one attached hydrogen (secondary N) is 3. The average molecular weight is 461 g/mol. The highest BCUT2D eigenvalue weighted by Crippen LogP contribution is 2.18. The van der Waals surface area contributed by atoms with Crippen molar-refractivity contribution in [3.8, 4) is 0 Å². The number of para-hydroxylation sites is 2. The van der Waals surface area contributed by atoms with Gasteiger partial charge in [0.15, 0.2) is 5.11 Å². The second-order valence-corrected chi connectivity index (χ2v) is 9.46. The predicted molar refractivity (Wildman–Crippen MR) is 124 cm³/mol. The first-order valence-electron chi connectivity index (χ1n) is 9.55. The molecule has 2 aromatic carbocycles. The number of thiocarbonyl (C=S) groups is 1. The molecule has 9 nitrogen and oxygen atoms in total. The van der Waals surface area contributed by atoms with Gasteiger partial charge in [-0.25, -0.2) is 17.7 Å². The largest absolute Gasteiger partial charge is 0.331 e. The number of amides is 1. The van der Waals surface area contributed by atoms with Crippen LogP contribution in [0.2, 0.25) is 0 Å². The summed E-state index contributed by atoms with van der Waals surface area (Å²) in [5.41, 5.74) is 7.39. The fraction of sp³-hybridized carbons (Fsp3) is 0.250. The standard InChI is InChI=1S/C20H24N6O3S2/c1-4-18-22-16-10-5-6-11-17(16)26(18)13-19(27)23-24-20(30)21-14-8-7-9-15(12-14)31(28,29)25(2)3/h5-12H,4,13H2,1-3H3,(H,23,27)(H2,21,24,30). The topological polar surface area (TPSA) is 108 Å². The first kappa shape index (κ1) is 22.7. The highest BCUT2D eigenvalue weighted by Gasteiger charge is 2.17. The summed E-state index contributed by atoms with van der Waals surface area (Å²) in [7, 11) is -0.638. The molecule has 0 saturated heterocycles. The van der Waals surface area contributed by atoms with E-state index in [1.54, 1.807) is 12.1 Å². The van der Waals surface area contributed by atoms with Gasteiger partial charge in [0, 0.05) is 26.2 Å². The first-order chi connectivity index (χ1) is 14.7. The Bertz CT molecular complexity index is 1220. The second kappa shape index (κ2) is 9.41. The molecule has 164 valence electrons. The zero-order chi connectivity index (χ0) is 22.6. The van der Waals surface area contributed by atoms with Crippen LogP contribution in [0.5, 0.6) is 0 Å². The number of hydrazine groups is 1. The number of imidazole rings is 1. The van der Waals surface area contributed by atoms with Gasteiger partial charge in [-0.3, -0.25) is 15.6 Å². The third kappa shape index (κ3) is 5.19. The van der Waals surface area contributed by atoms with Crippen LogP contribution >= 0.6 is 12.2 Å². The van der Waals surface area contributed by atoms with E-state index in [0.29, 0.717) is 12.1 Å². The summed E-state index contributed by atoms with van der Waals surface area (Å²) in [6.07, 6.45) is 0.696. The minimum atomic E-state index is -3.56. The van der Waals surface area contributed by atoms with E-state index in [2.05, 4.69) is 21.2 Å². The molecule has 1 aromatic heterocycles. The van der Waals surface area contributed by atoms with E-state index in [0.717, 1.165) is 21.2 Å². The number of benzene rings is 2. The van der Waals surface area contributed by atoms with E-state index in [9.17, 15) is 13.2 Å². The molecular weight excluding hydrogens is 436 g/mol.